The molecule has 0 radical (unpaired) electrons. The summed E-state index contributed by atoms with van der Waals surface area (Å²) >= 11 is 3.41. The molecule has 0 aliphatic heterocycles. The number of benzene rings is 1. The molecule has 0 saturated heterocycles. The zero-order chi connectivity index (χ0) is 14.7. The van der Waals surface area contributed by atoms with Crippen LogP contribution in [0.1, 0.15) is 37.8 Å². The van der Waals surface area contributed by atoms with Crippen LogP contribution in [0.2, 0.25) is 0 Å². The average Bonchev–Trinajstić information content (AvgIpc) is 2.88. The molecule has 3 atom stereocenters. The molecule has 0 bridgehead atoms. The summed E-state index contributed by atoms with van der Waals surface area (Å²) in [6.45, 7) is 1.93. The smallest absolute Gasteiger partial charge is 0.306 e. The fourth-order valence-electron chi connectivity index (χ4n) is 2.63. The molecule has 1 saturated carbocycles. The third-order valence-electron chi connectivity index (χ3n) is 3.86. The van der Waals surface area contributed by atoms with Gasteiger partial charge in [0.15, 0.2) is 0 Å². The second-order valence-electron chi connectivity index (χ2n) is 5.33. The van der Waals surface area contributed by atoms with Crippen molar-refractivity contribution >= 4 is 27.8 Å². The standard InChI is InChI=1S/C15H18BrNO3/c1-9(10-3-2-4-13(16)8-10)17-14(18)11-5-6-12(7-11)15(19)20/h2-4,8-9,11-12H,5-7H2,1H3,(H,17,18)(H,19,20)/t9-,11?,12?/m1/s1. The van der Waals surface area contributed by atoms with Crippen LogP contribution in [0.15, 0.2) is 28.7 Å². The minimum atomic E-state index is -0.791. The van der Waals surface area contributed by atoms with Crippen molar-refractivity contribution in [3.63, 3.8) is 0 Å². The molecule has 4 nitrogen and oxygen atoms in total. The Kier molecular flexibility index (Phi) is 4.81. The van der Waals surface area contributed by atoms with Gasteiger partial charge in [0.2, 0.25) is 5.91 Å². The van der Waals surface area contributed by atoms with E-state index < -0.39 is 5.97 Å². The Balaban J connectivity index is 1.93. The number of carboxylic acid groups (broad SMARTS) is 1. The Hall–Kier alpha value is -1.36. The summed E-state index contributed by atoms with van der Waals surface area (Å²) in [4.78, 5) is 23.1. The van der Waals surface area contributed by atoms with E-state index in [1.807, 2.05) is 31.2 Å². The molecule has 108 valence electrons. The number of carboxylic acids is 1. The number of amides is 1. The molecule has 0 aromatic heterocycles. The molecule has 1 aromatic carbocycles. The van der Waals surface area contributed by atoms with Crippen molar-refractivity contribution in [1.29, 1.82) is 0 Å². The van der Waals surface area contributed by atoms with E-state index in [-0.39, 0.29) is 23.8 Å². The normalized spacial score (nSPS) is 23.3. The van der Waals surface area contributed by atoms with Crippen LogP contribution in [0.5, 0.6) is 0 Å². The minimum absolute atomic E-state index is 0.0405. The second kappa shape index (κ2) is 6.39. The van der Waals surface area contributed by atoms with Crippen molar-refractivity contribution < 1.29 is 14.7 Å². The summed E-state index contributed by atoms with van der Waals surface area (Å²) in [6.07, 6.45) is 1.71. The number of rotatable bonds is 4. The highest BCUT2D eigenvalue weighted by atomic mass is 79.9. The Morgan fingerprint density at radius 1 is 1.35 bits per heavy atom. The third kappa shape index (κ3) is 3.60. The monoisotopic (exact) mass is 339 g/mol. The minimum Gasteiger partial charge on any atom is -0.481 e. The molecular weight excluding hydrogens is 322 g/mol. The van der Waals surface area contributed by atoms with Gasteiger partial charge in [0, 0.05) is 10.4 Å². The van der Waals surface area contributed by atoms with Gasteiger partial charge in [-0.2, -0.15) is 0 Å². The van der Waals surface area contributed by atoms with E-state index in [0.717, 1.165) is 10.0 Å². The molecule has 20 heavy (non-hydrogen) atoms. The zero-order valence-corrected chi connectivity index (χ0v) is 12.9. The first-order valence-electron chi connectivity index (χ1n) is 6.76. The van der Waals surface area contributed by atoms with Gasteiger partial charge in [-0.3, -0.25) is 9.59 Å². The topological polar surface area (TPSA) is 66.4 Å². The van der Waals surface area contributed by atoms with E-state index in [0.29, 0.717) is 19.3 Å². The molecule has 5 heteroatoms. The SMILES string of the molecule is C[C@@H](NC(=O)C1CCC(C(=O)O)C1)c1cccc(Br)c1. The number of halogens is 1. The maximum Gasteiger partial charge on any atom is 0.306 e. The lowest BCUT2D eigenvalue weighted by Crippen LogP contribution is -2.32. The molecular formula is C15H18BrNO3. The lowest BCUT2D eigenvalue weighted by Gasteiger charge is -2.17. The van der Waals surface area contributed by atoms with E-state index in [9.17, 15) is 9.59 Å². The molecule has 2 N–H and O–H groups in total. The van der Waals surface area contributed by atoms with Crippen LogP contribution < -0.4 is 5.32 Å². The summed E-state index contributed by atoms with van der Waals surface area (Å²) in [5.74, 6) is -1.38. The maximum absolute atomic E-state index is 12.2. The quantitative estimate of drug-likeness (QED) is 0.885. The van der Waals surface area contributed by atoms with Gasteiger partial charge >= 0.3 is 5.97 Å². The van der Waals surface area contributed by atoms with Crippen LogP contribution in [0.4, 0.5) is 0 Å². The number of hydrogen-bond donors (Lipinski definition) is 2. The van der Waals surface area contributed by atoms with E-state index in [2.05, 4.69) is 21.2 Å². The van der Waals surface area contributed by atoms with Gasteiger partial charge < -0.3 is 10.4 Å². The lowest BCUT2D eigenvalue weighted by atomic mass is 10.0. The predicted molar refractivity (Wildman–Crippen MR) is 79.2 cm³/mol. The number of hydrogen-bond acceptors (Lipinski definition) is 2. The first kappa shape index (κ1) is 15.0. The fourth-order valence-corrected chi connectivity index (χ4v) is 3.05. The van der Waals surface area contributed by atoms with E-state index in [1.165, 1.54) is 0 Å². The highest BCUT2D eigenvalue weighted by molar-refractivity contribution is 9.10. The fraction of sp³-hybridized carbons (Fsp3) is 0.467. The summed E-state index contributed by atoms with van der Waals surface area (Å²) in [5.41, 5.74) is 1.03. The Morgan fingerprint density at radius 3 is 2.65 bits per heavy atom. The van der Waals surface area contributed by atoms with Crippen molar-refractivity contribution in [2.24, 2.45) is 11.8 Å². The first-order chi connectivity index (χ1) is 9.47. The van der Waals surface area contributed by atoms with Crippen molar-refractivity contribution in [2.75, 3.05) is 0 Å². The Morgan fingerprint density at radius 2 is 2.05 bits per heavy atom. The summed E-state index contributed by atoms with van der Waals surface area (Å²) in [5, 5.41) is 11.9. The van der Waals surface area contributed by atoms with Gasteiger partial charge in [-0.1, -0.05) is 28.1 Å². The molecule has 1 fully saturated rings. The molecule has 0 spiro atoms. The molecule has 2 rings (SSSR count). The molecule has 1 aliphatic rings. The van der Waals surface area contributed by atoms with Gasteiger partial charge in [-0.15, -0.1) is 0 Å². The van der Waals surface area contributed by atoms with E-state index >= 15 is 0 Å². The number of aliphatic carboxylic acids is 1. The molecule has 0 heterocycles. The summed E-state index contributed by atoms with van der Waals surface area (Å²) < 4.78 is 0.975. The first-order valence-corrected chi connectivity index (χ1v) is 7.55. The van der Waals surface area contributed by atoms with Crippen molar-refractivity contribution in [3.05, 3.63) is 34.3 Å². The zero-order valence-electron chi connectivity index (χ0n) is 11.3. The number of nitrogens with one attached hydrogen (secondary N) is 1. The van der Waals surface area contributed by atoms with Crippen LogP contribution in [0.3, 0.4) is 0 Å². The van der Waals surface area contributed by atoms with Crippen LogP contribution in [-0.4, -0.2) is 17.0 Å². The highest BCUT2D eigenvalue weighted by Gasteiger charge is 2.34. The summed E-state index contributed by atoms with van der Waals surface area (Å²) in [6, 6.07) is 7.72. The van der Waals surface area contributed by atoms with Gasteiger partial charge in [0.25, 0.3) is 0 Å². The van der Waals surface area contributed by atoms with Crippen molar-refractivity contribution in [3.8, 4) is 0 Å². The van der Waals surface area contributed by atoms with Gasteiger partial charge in [-0.25, -0.2) is 0 Å². The highest BCUT2D eigenvalue weighted by Crippen LogP contribution is 2.31. The van der Waals surface area contributed by atoms with Crippen LogP contribution in [0.25, 0.3) is 0 Å². The average molecular weight is 340 g/mol. The van der Waals surface area contributed by atoms with Gasteiger partial charge in [0.1, 0.15) is 0 Å². The summed E-state index contributed by atoms with van der Waals surface area (Å²) in [7, 11) is 0. The molecule has 1 amide bonds. The van der Waals surface area contributed by atoms with Crippen LogP contribution in [-0.2, 0) is 9.59 Å². The van der Waals surface area contributed by atoms with Crippen molar-refractivity contribution in [1.82, 2.24) is 5.32 Å². The molecule has 1 aliphatic carbocycles. The number of carbonyl (C=O) groups excluding carboxylic acids is 1. The van der Waals surface area contributed by atoms with Gasteiger partial charge in [-0.05, 0) is 43.9 Å². The van der Waals surface area contributed by atoms with Gasteiger partial charge in [0.05, 0.1) is 12.0 Å². The van der Waals surface area contributed by atoms with Crippen LogP contribution in [0, 0.1) is 11.8 Å². The largest absolute Gasteiger partial charge is 0.481 e. The predicted octanol–water partition coefficient (Wildman–Crippen LogP) is 3.13. The van der Waals surface area contributed by atoms with E-state index in [1.54, 1.807) is 0 Å². The third-order valence-corrected chi connectivity index (χ3v) is 4.35. The Labute approximate surface area is 126 Å². The number of carbonyl (C=O) groups is 2. The lowest BCUT2D eigenvalue weighted by molar-refractivity contribution is -0.141. The second-order valence-corrected chi connectivity index (χ2v) is 6.25. The van der Waals surface area contributed by atoms with Crippen LogP contribution >= 0.6 is 15.9 Å². The van der Waals surface area contributed by atoms with Crippen molar-refractivity contribution in [2.45, 2.75) is 32.2 Å². The maximum atomic E-state index is 12.2. The Bertz CT molecular complexity index is 518. The van der Waals surface area contributed by atoms with E-state index in [4.69, 9.17) is 5.11 Å². The molecule has 2 unspecified atom stereocenters. The molecule has 1 aromatic rings.